The van der Waals surface area contributed by atoms with Crippen LogP contribution >= 0.6 is 11.6 Å². The lowest BCUT2D eigenvalue weighted by Crippen LogP contribution is -1.96. The molecule has 0 saturated carbocycles. The molecular weight excluding hydrogens is 204 g/mol. The maximum Gasteiger partial charge on any atom is 0.152 e. The Morgan fingerprint density at radius 1 is 1.38 bits per heavy atom. The molecule has 1 atom stereocenters. The third-order valence-corrected chi connectivity index (χ3v) is 2.73. The van der Waals surface area contributed by atoms with Crippen LogP contribution in [0.1, 0.15) is 5.56 Å². The fourth-order valence-electron chi connectivity index (χ4n) is 0.951. The Kier molecular flexibility index (Phi) is 4.36. The van der Waals surface area contributed by atoms with E-state index in [0.29, 0.717) is 5.88 Å². The van der Waals surface area contributed by atoms with E-state index in [2.05, 4.69) is 0 Å². The second-order valence-electron chi connectivity index (χ2n) is 2.58. The van der Waals surface area contributed by atoms with Gasteiger partial charge in [0.2, 0.25) is 0 Å². The molecule has 13 heavy (non-hydrogen) atoms. The molecule has 0 heterocycles. The first-order chi connectivity index (χ1) is 6.24. The molecule has 0 bridgehead atoms. The van der Waals surface area contributed by atoms with Gasteiger partial charge in [0.1, 0.15) is 6.26 Å². The van der Waals surface area contributed by atoms with Crippen molar-refractivity contribution in [2.75, 3.05) is 12.1 Å². The predicted octanol–water partition coefficient (Wildman–Crippen LogP) is 2.68. The summed E-state index contributed by atoms with van der Waals surface area (Å²) in [4.78, 5) is 0.850. The first-order valence-electron chi connectivity index (χ1n) is 3.90. The smallest absolute Gasteiger partial charge is 0.152 e. The normalized spacial score (nSPS) is 13.5. The largest absolute Gasteiger partial charge is 0.612 e. The van der Waals surface area contributed by atoms with Gasteiger partial charge in [0.05, 0.1) is 0 Å². The van der Waals surface area contributed by atoms with Gasteiger partial charge in [-0.15, -0.1) is 11.6 Å². The van der Waals surface area contributed by atoms with E-state index in [0.717, 1.165) is 10.5 Å². The van der Waals surface area contributed by atoms with Crippen LogP contribution in [0, 0.1) is 0 Å². The van der Waals surface area contributed by atoms with Gasteiger partial charge in [-0.05, 0) is 28.9 Å². The van der Waals surface area contributed by atoms with Gasteiger partial charge in [-0.2, -0.15) is 0 Å². The summed E-state index contributed by atoms with van der Waals surface area (Å²) in [5.74, 6) is 0.515. The molecule has 0 amide bonds. The molecule has 0 N–H and O–H groups in total. The van der Waals surface area contributed by atoms with Gasteiger partial charge < -0.3 is 4.55 Å². The lowest BCUT2D eigenvalue weighted by Gasteiger charge is -2.03. The fourth-order valence-corrected chi connectivity index (χ4v) is 1.56. The zero-order valence-electron chi connectivity index (χ0n) is 7.37. The zero-order valence-corrected chi connectivity index (χ0v) is 8.94. The van der Waals surface area contributed by atoms with E-state index in [4.69, 9.17) is 11.6 Å². The van der Waals surface area contributed by atoms with Crippen molar-refractivity contribution in [3.63, 3.8) is 0 Å². The van der Waals surface area contributed by atoms with Crippen LogP contribution in [0.2, 0.25) is 0 Å². The molecule has 1 aromatic rings. The van der Waals surface area contributed by atoms with E-state index >= 15 is 0 Å². The van der Waals surface area contributed by atoms with E-state index in [1.807, 2.05) is 36.4 Å². The van der Waals surface area contributed by atoms with E-state index < -0.39 is 11.2 Å². The van der Waals surface area contributed by atoms with Gasteiger partial charge in [-0.25, -0.2) is 0 Å². The number of hydrogen-bond donors (Lipinski definition) is 0. The summed E-state index contributed by atoms with van der Waals surface area (Å²) in [6.45, 7) is 0. The van der Waals surface area contributed by atoms with Crippen LogP contribution in [-0.2, 0) is 11.2 Å². The highest BCUT2D eigenvalue weighted by atomic mass is 35.5. The van der Waals surface area contributed by atoms with E-state index in [1.54, 1.807) is 6.26 Å². The summed E-state index contributed by atoms with van der Waals surface area (Å²) in [6, 6.07) is 7.59. The van der Waals surface area contributed by atoms with Crippen molar-refractivity contribution in [2.24, 2.45) is 0 Å². The number of allylic oxidation sites excluding steroid dienone is 1. The average Bonchev–Trinajstić information content (AvgIpc) is 2.15. The lowest BCUT2D eigenvalue weighted by atomic mass is 10.2. The summed E-state index contributed by atoms with van der Waals surface area (Å²) in [6.07, 6.45) is 5.48. The Morgan fingerprint density at radius 2 is 2.00 bits per heavy atom. The molecule has 1 unspecified atom stereocenters. The SMILES string of the molecule is C[S+]([O-])c1ccc(C=CCCl)cc1. The van der Waals surface area contributed by atoms with Crippen molar-refractivity contribution in [1.29, 1.82) is 0 Å². The third kappa shape index (κ3) is 3.43. The van der Waals surface area contributed by atoms with Gasteiger partial charge in [-0.1, -0.05) is 24.3 Å². The second kappa shape index (κ2) is 5.32. The van der Waals surface area contributed by atoms with Gasteiger partial charge in [0.25, 0.3) is 0 Å². The fraction of sp³-hybridized carbons (Fsp3) is 0.200. The minimum Gasteiger partial charge on any atom is -0.612 e. The van der Waals surface area contributed by atoms with Crippen molar-refractivity contribution >= 4 is 28.9 Å². The second-order valence-corrected chi connectivity index (χ2v) is 4.27. The Balaban J connectivity index is 2.75. The van der Waals surface area contributed by atoms with Crippen LogP contribution in [0.3, 0.4) is 0 Å². The number of hydrogen-bond acceptors (Lipinski definition) is 1. The summed E-state index contributed by atoms with van der Waals surface area (Å²) >= 11 is 4.60. The maximum absolute atomic E-state index is 11.0. The molecule has 70 valence electrons. The molecule has 0 spiro atoms. The summed E-state index contributed by atoms with van der Waals surface area (Å²) in [5, 5.41) is 0. The molecule has 0 aliphatic rings. The van der Waals surface area contributed by atoms with Crippen LogP contribution in [0.25, 0.3) is 6.08 Å². The van der Waals surface area contributed by atoms with Crippen molar-refractivity contribution in [2.45, 2.75) is 4.90 Å². The lowest BCUT2D eigenvalue weighted by molar-refractivity contribution is 0.601. The molecule has 0 aromatic heterocycles. The standard InChI is InChI=1S/C10H11ClOS/c1-13(12)10-6-4-9(5-7-10)3-2-8-11/h2-7H,8H2,1H3. The summed E-state index contributed by atoms with van der Waals surface area (Å²) in [5.41, 5.74) is 1.08. The van der Waals surface area contributed by atoms with Crippen LogP contribution in [0.5, 0.6) is 0 Å². The molecule has 0 aliphatic heterocycles. The molecule has 1 rings (SSSR count). The average molecular weight is 215 g/mol. The highest BCUT2D eigenvalue weighted by molar-refractivity contribution is 7.90. The van der Waals surface area contributed by atoms with Gasteiger partial charge >= 0.3 is 0 Å². The first kappa shape index (κ1) is 10.6. The Labute approximate surface area is 86.6 Å². The zero-order chi connectivity index (χ0) is 9.68. The quantitative estimate of drug-likeness (QED) is 0.561. The van der Waals surface area contributed by atoms with Crippen molar-refractivity contribution in [3.05, 3.63) is 35.9 Å². The van der Waals surface area contributed by atoms with Crippen molar-refractivity contribution in [1.82, 2.24) is 0 Å². The van der Waals surface area contributed by atoms with Crippen LogP contribution in [-0.4, -0.2) is 16.7 Å². The van der Waals surface area contributed by atoms with Gasteiger partial charge in [0, 0.05) is 5.88 Å². The number of rotatable bonds is 3. The first-order valence-corrected chi connectivity index (χ1v) is 5.99. The molecule has 3 heteroatoms. The minimum atomic E-state index is -0.893. The van der Waals surface area contributed by atoms with Crippen molar-refractivity contribution < 1.29 is 4.55 Å². The van der Waals surface area contributed by atoms with Crippen LogP contribution in [0.15, 0.2) is 35.2 Å². The maximum atomic E-state index is 11.0. The predicted molar refractivity (Wildman–Crippen MR) is 58.5 cm³/mol. The number of benzene rings is 1. The molecule has 1 nitrogen and oxygen atoms in total. The van der Waals surface area contributed by atoms with Gasteiger partial charge in [0.15, 0.2) is 4.90 Å². The van der Waals surface area contributed by atoms with E-state index in [1.165, 1.54) is 0 Å². The summed E-state index contributed by atoms with van der Waals surface area (Å²) in [7, 11) is 0. The topological polar surface area (TPSA) is 23.1 Å². The molecule has 0 radical (unpaired) electrons. The van der Waals surface area contributed by atoms with E-state index in [-0.39, 0.29) is 0 Å². The van der Waals surface area contributed by atoms with Crippen LogP contribution in [0.4, 0.5) is 0 Å². The number of alkyl halides is 1. The highest BCUT2D eigenvalue weighted by Crippen LogP contribution is 2.11. The minimum absolute atomic E-state index is 0.515. The molecular formula is C10H11ClOS. The monoisotopic (exact) mass is 214 g/mol. The van der Waals surface area contributed by atoms with E-state index in [9.17, 15) is 4.55 Å². The Hall–Kier alpha value is -0.440. The van der Waals surface area contributed by atoms with Gasteiger partial charge in [-0.3, -0.25) is 0 Å². The van der Waals surface area contributed by atoms with Crippen molar-refractivity contribution in [3.8, 4) is 0 Å². The molecule has 0 aliphatic carbocycles. The Bertz CT molecular complexity index is 279. The Morgan fingerprint density at radius 3 is 2.46 bits per heavy atom. The van der Waals surface area contributed by atoms with Crippen LogP contribution < -0.4 is 0 Å². The highest BCUT2D eigenvalue weighted by Gasteiger charge is 2.01. The molecule has 0 saturated heterocycles. The molecule has 0 fully saturated rings. The summed E-state index contributed by atoms with van der Waals surface area (Å²) < 4.78 is 11.0. The molecule has 1 aromatic carbocycles. The third-order valence-electron chi connectivity index (χ3n) is 1.61. The number of halogens is 1.